The summed E-state index contributed by atoms with van der Waals surface area (Å²) in [5, 5.41) is 12.8. The van der Waals surface area contributed by atoms with Crippen molar-refractivity contribution in [3.8, 4) is 0 Å². The Kier molecular flexibility index (Phi) is 5.58. The highest BCUT2D eigenvalue weighted by atomic mass is 79.9. The third-order valence-electron chi connectivity index (χ3n) is 3.97. The van der Waals surface area contributed by atoms with Crippen molar-refractivity contribution < 1.29 is 19.4 Å². The average Bonchev–Trinajstić information content (AvgIpc) is 3.04. The van der Waals surface area contributed by atoms with E-state index in [-0.39, 0.29) is 13.0 Å². The van der Waals surface area contributed by atoms with Gasteiger partial charge in [0.1, 0.15) is 12.6 Å². The van der Waals surface area contributed by atoms with Gasteiger partial charge in [-0.25, -0.2) is 9.59 Å². The predicted molar refractivity (Wildman–Crippen MR) is 101 cm³/mol. The predicted octanol–water partition coefficient (Wildman–Crippen LogP) is 3.85. The fourth-order valence-electron chi connectivity index (χ4n) is 2.63. The van der Waals surface area contributed by atoms with Gasteiger partial charge in [-0.3, -0.25) is 0 Å². The minimum absolute atomic E-state index is 0.0680. The van der Waals surface area contributed by atoms with E-state index in [9.17, 15) is 14.7 Å². The number of benzene rings is 2. The number of hydrogen-bond acceptors (Lipinski definition) is 3. The molecule has 26 heavy (non-hydrogen) atoms. The zero-order chi connectivity index (χ0) is 18.5. The van der Waals surface area contributed by atoms with Crippen LogP contribution in [0.25, 0.3) is 10.9 Å². The van der Waals surface area contributed by atoms with Crippen molar-refractivity contribution in [3.63, 3.8) is 0 Å². The largest absolute Gasteiger partial charge is 0.480 e. The van der Waals surface area contributed by atoms with Gasteiger partial charge in [-0.05, 0) is 29.3 Å². The van der Waals surface area contributed by atoms with Crippen LogP contribution >= 0.6 is 15.9 Å². The second-order valence-corrected chi connectivity index (χ2v) is 6.72. The Morgan fingerprint density at radius 3 is 2.62 bits per heavy atom. The number of rotatable bonds is 6. The molecule has 0 saturated heterocycles. The molecule has 0 spiro atoms. The number of carboxylic acids is 1. The number of amides is 1. The molecule has 1 atom stereocenters. The number of H-pyrrole nitrogens is 1. The van der Waals surface area contributed by atoms with Crippen LogP contribution in [-0.2, 0) is 22.6 Å². The lowest BCUT2D eigenvalue weighted by Crippen LogP contribution is -2.42. The first-order valence-corrected chi connectivity index (χ1v) is 8.78. The van der Waals surface area contributed by atoms with Gasteiger partial charge >= 0.3 is 12.1 Å². The van der Waals surface area contributed by atoms with Crippen LogP contribution in [0.4, 0.5) is 4.79 Å². The van der Waals surface area contributed by atoms with Crippen molar-refractivity contribution >= 4 is 38.9 Å². The zero-order valence-electron chi connectivity index (χ0n) is 13.7. The summed E-state index contributed by atoms with van der Waals surface area (Å²) in [6.45, 7) is 0.0680. The van der Waals surface area contributed by atoms with Gasteiger partial charge in [-0.2, -0.15) is 0 Å². The van der Waals surface area contributed by atoms with E-state index in [2.05, 4.69) is 26.2 Å². The molecular weight excluding hydrogens is 400 g/mol. The molecule has 0 aliphatic carbocycles. The number of aliphatic carboxylic acids is 1. The average molecular weight is 417 g/mol. The molecule has 1 heterocycles. The number of halogens is 1. The Morgan fingerprint density at radius 2 is 1.88 bits per heavy atom. The Labute approximate surface area is 158 Å². The van der Waals surface area contributed by atoms with E-state index >= 15 is 0 Å². The zero-order valence-corrected chi connectivity index (χ0v) is 15.3. The Bertz CT molecular complexity index is 921. The van der Waals surface area contributed by atoms with Crippen LogP contribution in [0.15, 0.2) is 59.2 Å². The van der Waals surface area contributed by atoms with Crippen molar-refractivity contribution in [1.82, 2.24) is 10.3 Å². The van der Waals surface area contributed by atoms with Gasteiger partial charge in [0.25, 0.3) is 0 Å². The molecular formula is C19H17BrN2O4. The van der Waals surface area contributed by atoms with Crippen molar-refractivity contribution in [1.29, 1.82) is 0 Å². The highest BCUT2D eigenvalue weighted by Gasteiger charge is 2.22. The summed E-state index contributed by atoms with van der Waals surface area (Å²) >= 11 is 3.33. The Morgan fingerprint density at radius 1 is 1.15 bits per heavy atom. The summed E-state index contributed by atoms with van der Waals surface area (Å²) in [5.74, 6) is -1.11. The fraction of sp³-hybridized carbons (Fsp3) is 0.158. The molecule has 0 saturated carbocycles. The van der Waals surface area contributed by atoms with Crippen LogP contribution in [-0.4, -0.2) is 28.2 Å². The Balaban J connectivity index is 1.62. The summed E-state index contributed by atoms with van der Waals surface area (Å²) in [7, 11) is 0. The molecule has 0 radical (unpaired) electrons. The van der Waals surface area contributed by atoms with Crippen LogP contribution in [0.1, 0.15) is 11.1 Å². The van der Waals surface area contributed by atoms with Gasteiger partial charge in [0.05, 0.1) is 0 Å². The van der Waals surface area contributed by atoms with E-state index in [1.807, 2.05) is 48.5 Å². The molecule has 3 aromatic rings. The molecule has 1 amide bonds. The molecule has 0 fully saturated rings. The SMILES string of the molecule is O=C(N[C@@H](Cc1c[nH]c2ccccc12)C(=O)O)OCc1ccc(Br)cc1. The molecule has 7 heteroatoms. The number of carboxylic acid groups (broad SMARTS) is 1. The van der Waals surface area contributed by atoms with Gasteiger partial charge in [0, 0.05) is 28.0 Å². The normalized spacial score (nSPS) is 11.9. The van der Waals surface area contributed by atoms with Crippen LogP contribution in [0.3, 0.4) is 0 Å². The lowest BCUT2D eigenvalue weighted by atomic mass is 10.1. The number of hydrogen-bond donors (Lipinski definition) is 3. The maximum absolute atomic E-state index is 12.0. The number of carbonyl (C=O) groups is 2. The minimum Gasteiger partial charge on any atom is -0.480 e. The smallest absolute Gasteiger partial charge is 0.408 e. The molecule has 3 rings (SSSR count). The summed E-state index contributed by atoms with van der Waals surface area (Å²) in [6, 6.07) is 13.8. The van der Waals surface area contributed by atoms with Crippen molar-refractivity contribution in [2.45, 2.75) is 19.1 Å². The molecule has 6 nitrogen and oxygen atoms in total. The number of alkyl carbamates (subject to hydrolysis) is 1. The molecule has 0 bridgehead atoms. The highest BCUT2D eigenvalue weighted by Crippen LogP contribution is 2.19. The van der Waals surface area contributed by atoms with Gasteiger partial charge in [0.2, 0.25) is 0 Å². The van der Waals surface area contributed by atoms with Gasteiger partial charge in [-0.15, -0.1) is 0 Å². The summed E-state index contributed by atoms with van der Waals surface area (Å²) in [4.78, 5) is 26.6. The van der Waals surface area contributed by atoms with E-state index < -0.39 is 18.1 Å². The van der Waals surface area contributed by atoms with Crippen molar-refractivity contribution in [2.24, 2.45) is 0 Å². The van der Waals surface area contributed by atoms with Gasteiger partial charge in [-0.1, -0.05) is 46.3 Å². The third kappa shape index (κ3) is 4.43. The second-order valence-electron chi connectivity index (χ2n) is 5.80. The lowest BCUT2D eigenvalue weighted by Gasteiger charge is -2.14. The second kappa shape index (κ2) is 8.05. The molecule has 1 aromatic heterocycles. The molecule has 134 valence electrons. The first-order valence-electron chi connectivity index (χ1n) is 7.98. The maximum atomic E-state index is 12.0. The van der Waals surface area contributed by atoms with Gasteiger partial charge < -0.3 is 20.1 Å². The quantitative estimate of drug-likeness (QED) is 0.568. The number of aromatic amines is 1. The minimum atomic E-state index is -1.11. The first-order chi connectivity index (χ1) is 12.5. The molecule has 0 aliphatic heterocycles. The molecule has 3 N–H and O–H groups in total. The lowest BCUT2D eigenvalue weighted by molar-refractivity contribution is -0.139. The van der Waals surface area contributed by atoms with Crippen LogP contribution in [0.2, 0.25) is 0 Å². The molecule has 2 aromatic carbocycles. The summed E-state index contributed by atoms with van der Waals surface area (Å²) < 4.78 is 6.05. The third-order valence-corrected chi connectivity index (χ3v) is 4.50. The fourth-order valence-corrected chi connectivity index (χ4v) is 2.90. The van der Waals surface area contributed by atoms with Crippen LogP contribution in [0.5, 0.6) is 0 Å². The molecule has 0 unspecified atom stereocenters. The van der Waals surface area contributed by atoms with Gasteiger partial charge in [0.15, 0.2) is 0 Å². The number of aromatic nitrogens is 1. The van der Waals surface area contributed by atoms with E-state index in [0.29, 0.717) is 0 Å². The summed E-state index contributed by atoms with van der Waals surface area (Å²) in [5.41, 5.74) is 2.55. The van der Waals surface area contributed by atoms with E-state index in [1.54, 1.807) is 6.20 Å². The van der Waals surface area contributed by atoms with Crippen LogP contribution in [0, 0.1) is 0 Å². The van der Waals surface area contributed by atoms with E-state index in [1.165, 1.54) is 0 Å². The highest BCUT2D eigenvalue weighted by molar-refractivity contribution is 9.10. The number of nitrogens with one attached hydrogen (secondary N) is 2. The maximum Gasteiger partial charge on any atom is 0.408 e. The number of ether oxygens (including phenoxy) is 1. The van der Waals surface area contributed by atoms with Crippen molar-refractivity contribution in [2.75, 3.05) is 0 Å². The topological polar surface area (TPSA) is 91.4 Å². The van der Waals surface area contributed by atoms with Crippen LogP contribution < -0.4 is 5.32 Å². The van der Waals surface area contributed by atoms with E-state index in [0.717, 1.165) is 26.5 Å². The standard InChI is InChI=1S/C19H17BrN2O4/c20-14-7-5-12(6-8-14)11-26-19(25)22-17(18(23)24)9-13-10-21-16-4-2-1-3-15(13)16/h1-8,10,17,21H,9,11H2,(H,22,25)(H,23,24)/t17-/m0/s1. The van der Waals surface area contributed by atoms with E-state index in [4.69, 9.17) is 4.74 Å². The Hall–Kier alpha value is -2.80. The number of para-hydroxylation sites is 1. The number of carbonyl (C=O) groups excluding carboxylic acids is 1. The number of fused-ring (bicyclic) bond motifs is 1. The first kappa shape index (κ1) is 18.0. The van der Waals surface area contributed by atoms with Crippen molar-refractivity contribution in [3.05, 3.63) is 70.3 Å². The molecule has 0 aliphatic rings. The summed E-state index contributed by atoms with van der Waals surface area (Å²) in [6.07, 6.45) is 1.16. The monoisotopic (exact) mass is 416 g/mol.